The number of nitrogens with one attached hydrogen (secondary N) is 1. The molecule has 0 radical (unpaired) electrons. The zero-order valence-corrected chi connectivity index (χ0v) is 10.5. The molecule has 0 bridgehead atoms. The van der Waals surface area contributed by atoms with Gasteiger partial charge in [0.05, 0.1) is 5.69 Å². The van der Waals surface area contributed by atoms with E-state index < -0.39 is 0 Å². The van der Waals surface area contributed by atoms with E-state index in [-0.39, 0.29) is 0 Å². The lowest BCUT2D eigenvalue weighted by atomic mass is 10.0. The van der Waals surface area contributed by atoms with Crippen molar-refractivity contribution in [2.45, 2.75) is 25.8 Å². The SMILES string of the molecule is OCCC1(CNCc2cn3ccccc3n2)CC1. The molecule has 0 saturated heterocycles. The maximum Gasteiger partial charge on any atom is 0.137 e. The Hall–Kier alpha value is -1.39. The highest BCUT2D eigenvalue weighted by Gasteiger charge is 2.41. The third-order valence-electron chi connectivity index (χ3n) is 3.82. The van der Waals surface area contributed by atoms with Gasteiger partial charge in [-0.2, -0.15) is 0 Å². The number of imidazole rings is 1. The molecule has 4 heteroatoms. The van der Waals surface area contributed by atoms with Crippen LogP contribution in [0.1, 0.15) is 25.0 Å². The molecule has 96 valence electrons. The van der Waals surface area contributed by atoms with Gasteiger partial charge in [-0.1, -0.05) is 6.07 Å². The molecule has 4 nitrogen and oxygen atoms in total. The molecule has 3 rings (SSSR count). The zero-order chi connectivity index (χ0) is 12.4. The normalized spacial score (nSPS) is 17.2. The maximum absolute atomic E-state index is 9.01. The number of rotatable bonds is 6. The fraction of sp³-hybridized carbons (Fsp3) is 0.500. The summed E-state index contributed by atoms with van der Waals surface area (Å²) in [4.78, 5) is 4.55. The van der Waals surface area contributed by atoms with Gasteiger partial charge in [0, 0.05) is 32.1 Å². The van der Waals surface area contributed by atoms with Gasteiger partial charge in [0.1, 0.15) is 5.65 Å². The Morgan fingerprint density at radius 2 is 2.28 bits per heavy atom. The van der Waals surface area contributed by atoms with E-state index in [9.17, 15) is 0 Å². The van der Waals surface area contributed by atoms with Gasteiger partial charge in [-0.3, -0.25) is 0 Å². The minimum Gasteiger partial charge on any atom is -0.396 e. The summed E-state index contributed by atoms with van der Waals surface area (Å²) in [6.45, 7) is 2.09. The summed E-state index contributed by atoms with van der Waals surface area (Å²) < 4.78 is 2.04. The average molecular weight is 245 g/mol. The minimum atomic E-state index is 0.302. The second-order valence-corrected chi connectivity index (χ2v) is 5.28. The van der Waals surface area contributed by atoms with E-state index in [1.807, 2.05) is 28.8 Å². The first-order chi connectivity index (χ1) is 8.81. The molecule has 2 aromatic rings. The van der Waals surface area contributed by atoms with Crippen LogP contribution in [0.3, 0.4) is 0 Å². The van der Waals surface area contributed by atoms with Gasteiger partial charge in [0.15, 0.2) is 0 Å². The van der Waals surface area contributed by atoms with Crippen molar-refractivity contribution >= 4 is 5.65 Å². The number of aliphatic hydroxyl groups is 1. The Balaban J connectivity index is 1.57. The molecule has 18 heavy (non-hydrogen) atoms. The second-order valence-electron chi connectivity index (χ2n) is 5.28. The molecule has 0 aliphatic heterocycles. The van der Waals surface area contributed by atoms with Crippen LogP contribution >= 0.6 is 0 Å². The van der Waals surface area contributed by atoms with Crippen molar-refractivity contribution in [1.82, 2.24) is 14.7 Å². The molecule has 2 heterocycles. The summed E-state index contributed by atoms with van der Waals surface area (Å²) >= 11 is 0. The van der Waals surface area contributed by atoms with Crippen LogP contribution in [-0.2, 0) is 6.54 Å². The number of pyridine rings is 1. The van der Waals surface area contributed by atoms with E-state index >= 15 is 0 Å². The Labute approximate surface area is 107 Å². The first kappa shape index (κ1) is 11.7. The quantitative estimate of drug-likeness (QED) is 0.812. The smallest absolute Gasteiger partial charge is 0.137 e. The largest absolute Gasteiger partial charge is 0.396 e. The van der Waals surface area contributed by atoms with Crippen molar-refractivity contribution in [1.29, 1.82) is 0 Å². The first-order valence-corrected chi connectivity index (χ1v) is 6.56. The number of fused-ring (bicyclic) bond motifs is 1. The lowest BCUT2D eigenvalue weighted by molar-refractivity contribution is 0.245. The molecule has 2 aromatic heterocycles. The summed E-state index contributed by atoms with van der Waals surface area (Å²) in [7, 11) is 0. The summed E-state index contributed by atoms with van der Waals surface area (Å²) in [6.07, 6.45) is 7.48. The predicted molar refractivity (Wildman–Crippen MR) is 70.3 cm³/mol. The van der Waals surface area contributed by atoms with Gasteiger partial charge >= 0.3 is 0 Å². The van der Waals surface area contributed by atoms with Crippen molar-refractivity contribution in [2.24, 2.45) is 5.41 Å². The van der Waals surface area contributed by atoms with E-state index in [0.29, 0.717) is 12.0 Å². The number of hydrogen-bond acceptors (Lipinski definition) is 3. The highest BCUT2D eigenvalue weighted by atomic mass is 16.3. The van der Waals surface area contributed by atoms with Gasteiger partial charge in [-0.05, 0) is 36.8 Å². The van der Waals surface area contributed by atoms with Gasteiger partial charge in [0.2, 0.25) is 0 Å². The summed E-state index contributed by atoms with van der Waals surface area (Å²) in [5, 5.41) is 12.5. The minimum absolute atomic E-state index is 0.302. The highest BCUT2D eigenvalue weighted by molar-refractivity contribution is 5.39. The molecule has 0 atom stereocenters. The van der Waals surface area contributed by atoms with Crippen molar-refractivity contribution in [3.8, 4) is 0 Å². The predicted octanol–water partition coefficient (Wildman–Crippen LogP) is 1.59. The number of aromatic nitrogens is 2. The van der Waals surface area contributed by atoms with Gasteiger partial charge in [-0.25, -0.2) is 4.98 Å². The van der Waals surface area contributed by atoms with Crippen molar-refractivity contribution in [2.75, 3.05) is 13.2 Å². The topological polar surface area (TPSA) is 49.6 Å². The molecule has 0 spiro atoms. The first-order valence-electron chi connectivity index (χ1n) is 6.56. The number of nitrogens with zero attached hydrogens (tertiary/aromatic N) is 2. The zero-order valence-electron chi connectivity index (χ0n) is 10.5. The molecule has 2 N–H and O–H groups in total. The molecule has 1 aliphatic carbocycles. The number of hydrogen-bond donors (Lipinski definition) is 2. The van der Waals surface area contributed by atoms with E-state index in [1.165, 1.54) is 12.8 Å². The molecule has 0 unspecified atom stereocenters. The summed E-state index contributed by atoms with van der Waals surface area (Å²) in [5.74, 6) is 0. The van der Waals surface area contributed by atoms with Gasteiger partial charge < -0.3 is 14.8 Å². The van der Waals surface area contributed by atoms with Crippen LogP contribution < -0.4 is 5.32 Å². The molecule has 1 saturated carbocycles. The van der Waals surface area contributed by atoms with Crippen LogP contribution in [0.2, 0.25) is 0 Å². The van der Waals surface area contributed by atoms with Crippen LogP contribution in [-0.4, -0.2) is 27.6 Å². The van der Waals surface area contributed by atoms with Crippen LogP contribution in [0.25, 0.3) is 5.65 Å². The third-order valence-corrected chi connectivity index (χ3v) is 3.82. The monoisotopic (exact) mass is 245 g/mol. The molecule has 0 amide bonds. The van der Waals surface area contributed by atoms with Crippen LogP contribution in [0, 0.1) is 5.41 Å². The van der Waals surface area contributed by atoms with Crippen LogP contribution in [0.4, 0.5) is 0 Å². The Morgan fingerprint density at radius 1 is 1.39 bits per heavy atom. The third kappa shape index (κ3) is 2.40. The highest BCUT2D eigenvalue weighted by Crippen LogP contribution is 2.47. The van der Waals surface area contributed by atoms with Crippen molar-refractivity contribution in [3.05, 3.63) is 36.3 Å². The fourth-order valence-corrected chi connectivity index (χ4v) is 2.46. The molecule has 0 aromatic carbocycles. The molecular weight excluding hydrogens is 226 g/mol. The van der Waals surface area contributed by atoms with Crippen molar-refractivity contribution < 1.29 is 5.11 Å². The lowest BCUT2D eigenvalue weighted by Crippen LogP contribution is -2.24. The standard InChI is InChI=1S/C14H19N3O/c18-8-6-14(4-5-14)11-15-9-12-10-17-7-2-1-3-13(17)16-12/h1-3,7,10,15,18H,4-6,8-9,11H2. The van der Waals surface area contributed by atoms with Crippen LogP contribution in [0.15, 0.2) is 30.6 Å². The summed E-state index contributed by atoms with van der Waals surface area (Å²) in [6, 6.07) is 6.02. The fourth-order valence-electron chi connectivity index (χ4n) is 2.46. The molecule has 1 aliphatic rings. The Morgan fingerprint density at radius 3 is 3.00 bits per heavy atom. The molecule has 1 fully saturated rings. The Bertz CT molecular complexity index is 498. The molecular formula is C14H19N3O. The maximum atomic E-state index is 9.01. The number of aliphatic hydroxyl groups excluding tert-OH is 1. The van der Waals surface area contributed by atoms with E-state index in [0.717, 1.165) is 30.9 Å². The van der Waals surface area contributed by atoms with Gasteiger partial charge in [0.25, 0.3) is 0 Å². The van der Waals surface area contributed by atoms with Crippen LogP contribution in [0.5, 0.6) is 0 Å². The van der Waals surface area contributed by atoms with Gasteiger partial charge in [-0.15, -0.1) is 0 Å². The van der Waals surface area contributed by atoms with E-state index in [2.05, 4.69) is 16.5 Å². The summed E-state index contributed by atoms with van der Waals surface area (Å²) in [5.41, 5.74) is 2.43. The second kappa shape index (κ2) is 4.71. The van der Waals surface area contributed by atoms with Crippen molar-refractivity contribution in [3.63, 3.8) is 0 Å². The average Bonchev–Trinajstić information content (AvgIpc) is 3.01. The van der Waals surface area contributed by atoms with E-state index in [4.69, 9.17) is 5.11 Å². The lowest BCUT2D eigenvalue weighted by Gasteiger charge is -2.13. The Kier molecular flexibility index (Phi) is 3.06. The van der Waals surface area contributed by atoms with E-state index in [1.54, 1.807) is 0 Å².